The molecule has 7 nitrogen and oxygen atoms in total. The molecule has 2 amide bonds. The summed E-state index contributed by atoms with van der Waals surface area (Å²) in [5.74, 6) is -0.294. The van der Waals surface area contributed by atoms with Crippen LogP contribution in [0.2, 0.25) is 0 Å². The van der Waals surface area contributed by atoms with Crippen molar-refractivity contribution >= 4 is 40.0 Å². The van der Waals surface area contributed by atoms with Crippen molar-refractivity contribution in [2.45, 2.75) is 13.5 Å². The molecule has 3 rings (SSSR count). The second-order valence-corrected chi connectivity index (χ2v) is 7.49. The van der Waals surface area contributed by atoms with Crippen molar-refractivity contribution in [3.8, 4) is 0 Å². The van der Waals surface area contributed by atoms with Crippen molar-refractivity contribution in [3.05, 3.63) is 77.6 Å². The molecule has 0 unspecified atom stereocenters. The lowest BCUT2D eigenvalue weighted by Crippen LogP contribution is -2.32. The molecule has 0 atom stereocenters. The van der Waals surface area contributed by atoms with E-state index in [-0.39, 0.29) is 11.8 Å². The molecule has 0 aliphatic rings. The van der Waals surface area contributed by atoms with Gasteiger partial charge in [-0.3, -0.25) is 19.5 Å². The van der Waals surface area contributed by atoms with Crippen LogP contribution >= 0.6 is 11.3 Å². The number of para-hydroxylation sites is 1. The van der Waals surface area contributed by atoms with Gasteiger partial charge in [0.15, 0.2) is 5.13 Å². The maximum atomic E-state index is 12.8. The maximum Gasteiger partial charge on any atom is 0.247 e. The Kier molecular flexibility index (Phi) is 8.03. The number of amides is 2. The van der Waals surface area contributed by atoms with E-state index in [0.29, 0.717) is 30.5 Å². The van der Waals surface area contributed by atoms with Gasteiger partial charge in [-0.25, -0.2) is 4.98 Å². The summed E-state index contributed by atoms with van der Waals surface area (Å²) in [5.41, 5.74) is 2.16. The van der Waals surface area contributed by atoms with Crippen LogP contribution in [0.1, 0.15) is 18.3 Å². The average Bonchev–Trinajstić information content (AvgIpc) is 3.24. The quantitative estimate of drug-likeness (QED) is 0.476. The first kappa shape index (κ1) is 22.3. The molecule has 0 fully saturated rings. The highest BCUT2D eigenvalue weighted by atomic mass is 32.1. The summed E-state index contributed by atoms with van der Waals surface area (Å²) in [6, 6.07) is 14.9. The van der Waals surface area contributed by atoms with Crippen LogP contribution in [0.25, 0.3) is 6.08 Å². The Morgan fingerprint density at radius 1 is 1.13 bits per heavy atom. The summed E-state index contributed by atoms with van der Waals surface area (Å²) in [6.07, 6.45) is 4.84. The van der Waals surface area contributed by atoms with Crippen LogP contribution in [0.4, 0.5) is 10.8 Å². The second kappa shape index (κ2) is 11.1. The Morgan fingerprint density at radius 3 is 2.58 bits per heavy atom. The van der Waals surface area contributed by atoms with Gasteiger partial charge in [0.2, 0.25) is 11.8 Å². The van der Waals surface area contributed by atoms with Crippen LogP contribution in [-0.2, 0) is 20.9 Å². The van der Waals surface area contributed by atoms with Gasteiger partial charge in [0, 0.05) is 38.2 Å². The molecule has 1 aromatic carbocycles. The van der Waals surface area contributed by atoms with Crippen LogP contribution in [0, 0.1) is 0 Å². The van der Waals surface area contributed by atoms with Crippen LogP contribution in [0.3, 0.4) is 0 Å². The molecule has 0 spiro atoms. The summed E-state index contributed by atoms with van der Waals surface area (Å²) in [7, 11) is 1.60. The van der Waals surface area contributed by atoms with E-state index < -0.39 is 0 Å². The van der Waals surface area contributed by atoms with Crippen molar-refractivity contribution in [2.24, 2.45) is 0 Å². The van der Waals surface area contributed by atoms with E-state index in [2.05, 4.69) is 9.97 Å². The SMILES string of the molecule is COCCN(Cc1ccccn1)C(=O)/C=C/c1csc(N(C(C)=O)c2ccccc2)n1. The monoisotopic (exact) mass is 436 g/mol. The number of hydrogen-bond acceptors (Lipinski definition) is 6. The van der Waals surface area contributed by atoms with Gasteiger partial charge in [0.25, 0.3) is 0 Å². The lowest BCUT2D eigenvalue weighted by molar-refractivity contribution is -0.127. The van der Waals surface area contributed by atoms with Gasteiger partial charge in [0.05, 0.1) is 30.2 Å². The molecule has 0 aliphatic carbocycles. The Hall–Kier alpha value is -3.36. The third-order valence-electron chi connectivity index (χ3n) is 4.38. The molecule has 8 heteroatoms. The molecule has 0 aliphatic heterocycles. The fraction of sp³-hybridized carbons (Fsp3) is 0.217. The van der Waals surface area contributed by atoms with Gasteiger partial charge < -0.3 is 9.64 Å². The number of benzene rings is 1. The van der Waals surface area contributed by atoms with E-state index in [4.69, 9.17) is 4.74 Å². The second-order valence-electron chi connectivity index (χ2n) is 6.65. The molecule has 160 valence electrons. The first-order valence-corrected chi connectivity index (χ1v) is 10.6. The van der Waals surface area contributed by atoms with E-state index in [9.17, 15) is 9.59 Å². The Labute approximate surface area is 185 Å². The number of ether oxygens (including phenoxy) is 1. The number of rotatable bonds is 9. The van der Waals surface area contributed by atoms with Gasteiger partial charge in [-0.2, -0.15) is 0 Å². The van der Waals surface area contributed by atoms with Crippen LogP contribution in [0.5, 0.6) is 0 Å². The van der Waals surface area contributed by atoms with E-state index in [1.807, 2.05) is 53.9 Å². The van der Waals surface area contributed by atoms with Crippen molar-refractivity contribution in [1.82, 2.24) is 14.9 Å². The minimum Gasteiger partial charge on any atom is -0.383 e. The Morgan fingerprint density at radius 2 is 1.90 bits per heavy atom. The van der Waals surface area contributed by atoms with Crippen LogP contribution in [-0.4, -0.2) is 46.9 Å². The van der Waals surface area contributed by atoms with Crippen molar-refractivity contribution in [1.29, 1.82) is 0 Å². The minimum absolute atomic E-state index is 0.131. The predicted octanol–water partition coefficient (Wildman–Crippen LogP) is 3.91. The maximum absolute atomic E-state index is 12.8. The number of thiazole rings is 1. The lowest BCUT2D eigenvalue weighted by Gasteiger charge is -2.20. The zero-order chi connectivity index (χ0) is 22.1. The molecule has 2 aromatic heterocycles. The molecule has 3 aromatic rings. The Balaban J connectivity index is 1.73. The van der Waals surface area contributed by atoms with Crippen molar-refractivity contribution in [2.75, 3.05) is 25.2 Å². The first-order chi connectivity index (χ1) is 15.1. The molecular weight excluding hydrogens is 412 g/mol. The normalized spacial score (nSPS) is 10.9. The van der Waals surface area contributed by atoms with E-state index >= 15 is 0 Å². The highest BCUT2D eigenvalue weighted by Gasteiger charge is 2.17. The number of nitrogens with zero attached hydrogens (tertiary/aromatic N) is 4. The molecule has 0 saturated carbocycles. The zero-order valence-electron chi connectivity index (χ0n) is 17.5. The summed E-state index contributed by atoms with van der Waals surface area (Å²) < 4.78 is 5.13. The van der Waals surface area contributed by atoms with E-state index in [0.717, 1.165) is 11.4 Å². The van der Waals surface area contributed by atoms with E-state index in [1.165, 1.54) is 24.3 Å². The number of hydrogen-bond donors (Lipinski definition) is 0. The van der Waals surface area contributed by atoms with Crippen molar-refractivity contribution in [3.63, 3.8) is 0 Å². The Bertz CT molecular complexity index is 1020. The molecule has 0 saturated heterocycles. The minimum atomic E-state index is -0.163. The summed E-state index contributed by atoms with van der Waals surface area (Å²) >= 11 is 1.35. The van der Waals surface area contributed by atoms with Gasteiger partial charge >= 0.3 is 0 Å². The molecule has 0 N–H and O–H groups in total. The number of aromatic nitrogens is 2. The summed E-state index contributed by atoms with van der Waals surface area (Å²) in [6.45, 7) is 2.77. The molecular formula is C23H24N4O3S. The van der Waals surface area contributed by atoms with Gasteiger partial charge in [0.1, 0.15) is 0 Å². The third-order valence-corrected chi connectivity index (χ3v) is 5.23. The third kappa shape index (κ3) is 6.31. The van der Waals surface area contributed by atoms with Gasteiger partial charge in [-0.15, -0.1) is 11.3 Å². The fourth-order valence-corrected chi connectivity index (χ4v) is 3.73. The number of carbonyl (C=O) groups excluding carboxylic acids is 2. The van der Waals surface area contributed by atoms with Crippen LogP contribution in [0.15, 0.2) is 66.2 Å². The molecule has 31 heavy (non-hydrogen) atoms. The zero-order valence-corrected chi connectivity index (χ0v) is 18.3. The number of anilines is 2. The topological polar surface area (TPSA) is 75.6 Å². The molecule has 2 heterocycles. The molecule has 0 bridgehead atoms. The summed E-state index contributed by atoms with van der Waals surface area (Å²) in [5, 5.41) is 2.37. The van der Waals surface area contributed by atoms with E-state index in [1.54, 1.807) is 29.2 Å². The largest absolute Gasteiger partial charge is 0.383 e. The number of pyridine rings is 1. The van der Waals surface area contributed by atoms with Crippen LogP contribution < -0.4 is 4.90 Å². The van der Waals surface area contributed by atoms with Crippen molar-refractivity contribution < 1.29 is 14.3 Å². The smallest absolute Gasteiger partial charge is 0.247 e. The number of carbonyl (C=O) groups is 2. The molecule has 0 radical (unpaired) electrons. The van der Waals surface area contributed by atoms with Gasteiger partial charge in [-0.05, 0) is 30.3 Å². The summed E-state index contributed by atoms with van der Waals surface area (Å²) in [4.78, 5) is 37.0. The lowest BCUT2D eigenvalue weighted by atomic mass is 10.3. The predicted molar refractivity (Wildman–Crippen MR) is 122 cm³/mol. The van der Waals surface area contributed by atoms with Gasteiger partial charge in [-0.1, -0.05) is 24.3 Å². The first-order valence-electron chi connectivity index (χ1n) is 9.75. The standard InChI is InChI=1S/C23H24N4O3S/c1-18(28)27(21-9-4-3-5-10-21)23-25-20(17-31-23)11-12-22(29)26(14-15-30-2)16-19-8-6-7-13-24-19/h3-13,17H,14-16H2,1-2H3/b12-11+. The average molecular weight is 437 g/mol. The highest BCUT2D eigenvalue weighted by molar-refractivity contribution is 7.14. The number of methoxy groups -OCH3 is 1. The fourth-order valence-electron chi connectivity index (χ4n) is 2.88. The highest BCUT2D eigenvalue weighted by Crippen LogP contribution is 2.29.